The number of hydrogen-bond acceptors (Lipinski definition) is 6. The molecule has 0 spiro atoms. The van der Waals surface area contributed by atoms with Crippen molar-refractivity contribution in [2.75, 3.05) is 13.1 Å². The van der Waals surface area contributed by atoms with Crippen molar-refractivity contribution in [3.63, 3.8) is 0 Å². The van der Waals surface area contributed by atoms with Crippen molar-refractivity contribution in [2.24, 2.45) is 11.5 Å². The Morgan fingerprint density at radius 3 is 2.24 bits per heavy atom. The summed E-state index contributed by atoms with van der Waals surface area (Å²) in [6.07, 6.45) is -2.71. The van der Waals surface area contributed by atoms with Gasteiger partial charge in [0.25, 0.3) is 0 Å². The maximum atomic E-state index is 12.2. The van der Waals surface area contributed by atoms with Crippen LogP contribution in [0.25, 0.3) is 0 Å². The van der Waals surface area contributed by atoms with Crippen LogP contribution in [-0.4, -0.2) is 48.6 Å². The summed E-state index contributed by atoms with van der Waals surface area (Å²) in [5.74, 6) is -1.53. The van der Waals surface area contributed by atoms with Gasteiger partial charge in [0.05, 0.1) is 6.04 Å². The lowest BCUT2D eigenvalue weighted by Gasteiger charge is -2.19. The average molecular weight is 464 g/mol. The molecule has 1 rings (SSSR count). The molecule has 0 saturated carbocycles. The molecule has 13 heteroatoms. The first-order chi connectivity index (χ1) is 12.6. The van der Waals surface area contributed by atoms with Gasteiger partial charge in [-0.15, -0.1) is 38.0 Å². The van der Waals surface area contributed by atoms with Gasteiger partial charge in [0.1, 0.15) is 5.75 Å². The highest BCUT2D eigenvalue weighted by atomic mass is 35.5. The van der Waals surface area contributed by atoms with Gasteiger partial charge in [-0.3, -0.25) is 4.79 Å². The van der Waals surface area contributed by atoms with Gasteiger partial charge in [-0.25, -0.2) is 0 Å². The summed E-state index contributed by atoms with van der Waals surface area (Å²) in [5, 5.41) is 21.5. The van der Waals surface area contributed by atoms with E-state index in [1.807, 2.05) is 0 Å². The fourth-order valence-corrected chi connectivity index (χ4v) is 2.42. The number of ether oxygens (including phenoxy) is 1. The number of halogens is 5. The molecule has 1 aromatic carbocycles. The first-order valence-electron chi connectivity index (χ1n) is 8.56. The van der Waals surface area contributed by atoms with E-state index in [0.717, 1.165) is 18.6 Å². The summed E-state index contributed by atoms with van der Waals surface area (Å²) in [6.45, 7) is 0.474. The Kier molecular flexibility index (Phi) is 15.2. The Bertz CT molecular complexity index is 584. The number of benzene rings is 1. The monoisotopic (exact) mass is 463 g/mol. The van der Waals surface area contributed by atoms with E-state index in [0.29, 0.717) is 24.9 Å². The third-order valence-electron chi connectivity index (χ3n) is 3.92. The van der Waals surface area contributed by atoms with Crippen LogP contribution in [0.2, 0.25) is 5.82 Å². The molecule has 0 bridgehead atoms. The van der Waals surface area contributed by atoms with Gasteiger partial charge >= 0.3 is 13.5 Å². The second kappa shape index (κ2) is 14.7. The molecular weight excluding hydrogens is 437 g/mol. The quantitative estimate of drug-likeness (QED) is 0.249. The Labute approximate surface area is 180 Å². The zero-order valence-electron chi connectivity index (χ0n) is 15.6. The minimum atomic E-state index is -4.78. The fraction of sp³-hybridized carbons (Fsp3) is 0.562. The Hall–Kier alpha value is -1.24. The summed E-state index contributed by atoms with van der Waals surface area (Å²) < 4.78 is 40.2. The predicted octanol–water partition coefficient (Wildman–Crippen LogP) is 1.39. The van der Waals surface area contributed by atoms with Gasteiger partial charge in [0, 0.05) is 12.4 Å². The van der Waals surface area contributed by atoms with Crippen molar-refractivity contribution in [3.8, 4) is 5.75 Å². The molecule has 7 N–H and O–H groups in total. The average Bonchev–Trinajstić information content (AvgIpc) is 2.58. The molecule has 7 nitrogen and oxygen atoms in total. The molecule has 1 aromatic rings. The zero-order chi connectivity index (χ0) is 20.4. The zero-order valence-corrected chi connectivity index (χ0v) is 17.2. The molecule has 0 fully saturated rings. The molecule has 0 unspecified atom stereocenters. The number of unbranched alkanes of at least 4 members (excludes halogenated alkanes) is 1. The summed E-state index contributed by atoms with van der Waals surface area (Å²) in [5.41, 5.74) is 11.7. The number of nitrogens with one attached hydrogen (secondary N) is 1. The molecule has 29 heavy (non-hydrogen) atoms. The van der Waals surface area contributed by atoms with Gasteiger partial charge in [-0.05, 0) is 43.5 Å². The van der Waals surface area contributed by atoms with E-state index >= 15 is 0 Å². The lowest BCUT2D eigenvalue weighted by molar-refractivity contribution is -0.274. The molecule has 0 aliphatic heterocycles. The number of alkyl halides is 3. The van der Waals surface area contributed by atoms with Crippen LogP contribution in [0.4, 0.5) is 13.2 Å². The molecule has 0 aromatic heterocycles. The van der Waals surface area contributed by atoms with Crippen LogP contribution in [0, 0.1) is 0 Å². The fourth-order valence-electron chi connectivity index (χ4n) is 2.42. The molecule has 0 saturated heterocycles. The third kappa shape index (κ3) is 12.8. The normalized spacial score (nSPS) is 12.8. The van der Waals surface area contributed by atoms with Gasteiger partial charge in [0.2, 0.25) is 5.91 Å². The van der Waals surface area contributed by atoms with E-state index in [1.54, 1.807) is 0 Å². The van der Waals surface area contributed by atoms with E-state index in [4.69, 9.17) is 11.5 Å². The van der Waals surface area contributed by atoms with E-state index in [1.165, 1.54) is 12.1 Å². The van der Waals surface area contributed by atoms with Crippen molar-refractivity contribution < 1.29 is 32.8 Å². The second-order valence-electron chi connectivity index (χ2n) is 6.21. The summed E-state index contributed by atoms with van der Waals surface area (Å²) in [4.78, 5) is 11.9. The minimum Gasteiger partial charge on any atom is -0.427 e. The van der Waals surface area contributed by atoms with E-state index in [2.05, 4.69) is 10.1 Å². The van der Waals surface area contributed by atoms with E-state index in [9.17, 15) is 28.0 Å². The lowest BCUT2D eigenvalue weighted by Crippen LogP contribution is -2.43. The molecular formula is C16H27BCl2F3N3O4. The van der Waals surface area contributed by atoms with Crippen LogP contribution in [0.5, 0.6) is 5.75 Å². The summed E-state index contributed by atoms with van der Waals surface area (Å²) >= 11 is 0. The maximum Gasteiger partial charge on any atom is 0.573 e. The highest BCUT2D eigenvalue weighted by Crippen LogP contribution is 2.24. The van der Waals surface area contributed by atoms with E-state index in [-0.39, 0.29) is 43.5 Å². The first kappa shape index (κ1) is 30.0. The Morgan fingerprint density at radius 1 is 1.17 bits per heavy atom. The lowest BCUT2D eigenvalue weighted by atomic mass is 9.69. The van der Waals surface area contributed by atoms with Crippen LogP contribution < -0.4 is 21.5 Å². The molecule has 0 aliphatic carbocycles. The van der Waals surface area contributed by atoms with Gasteiger partial charge in [-0.2, -0.15) is 0 Å². The first-order valence-corrected chi connectivity index (χ1v) is 8.56. The van der Waals surface area contributed by atoms with Crippen LogP contribution in [0.1, 0.15) is 24.8 Å². The largest absolute Gasteiger partial charge is 0.573 e. The predicted molar refractivity (Wildman–Crippen MR) is 109 cm³/mol. The number of nitrogens with two attached hydrogens (primary N) is 2. The minimum absolute atomic E-state index is 0. The molecule has 0 aliphatic rings. The highest BCUT2D eigenvalue weighted by Gasteiger charge is 2.31. The van der Waals surface area contributed by atoms with Gasteiger partial charge in [0.15, 0.2) is 0 Å². The second-order valence-corrected chi connectivity index (χ2v) is 6.21. The molecule has 2 atom stereocenters. The smallest absolute Gasteiger partial charge is 0.427 e. The number of carbonyl (C=O) groups excluding carboxylic acids is 1. The Balaban J connectivity index is 0. The van der Waals surface area contributed by atoms with Crippen molar-refractivity contribution in [1.82, 2.24) is 5.32 Å². The number of rotatable bonds is 11. The van der Waals surface area contributed by atoms with Crippen LogP contribution in [0.3, 0.4) is 0 Å². The van der Waals surface area contributed by atoms with Gasteiger partial charge < -0.3 is 31.6 Å². The molecule has 0 heterocycles. The van der Waals surface area contributed by atoms with E-state index < -0.39 is 31.2 Å². The summed E-state index contributed by atoms with van der Waals surface area (Å²) in [6, 6.07) is 4.32. The number of hydrogen-bond donors (Lipinski definition) is 5. The van der Waals surface area contributed by atoms with Crippen LogP contribution >= 0.6 is 24.8 Å². The van der Waals surface area contributed by atoms with Crippen molar-refractivity contribution in [3.05, 3.63) is 29.8 Å². The third-order valence-corrected chi connectivity index (χ3v) is 3.92. The number of amides is 1. The van der Waals surface area contributed by atoms with Crippen LogP contribution in [-0.2, 0) is 11.2 Å². The SMILES string of the molecule is Cl.Cl.NCCCC[C@@H](N)C(=O)NC[C@@H](Cc1ccc(OC(F)(F)F)cc1)B(O)O. The van der Waals surface area contributed by atoms with Crippen LogP contribution in [0.15, 0.2) is 24.3 Å². The van der Waals surface area contributed by atoms with Crippen molar-refractivity contribution in [1.29, 1.82) is 0 Å². The molecule has 0 radical (unpaired) electrons. The summed E-state index contributed by atoms with van der Waals surface area (Å²) in [7, 11) is -1.72. The van der Waals surface area contributed by atoms with Crippen molar-refractivity contribution >= 4 is 37.8 Å². The molecule has 168 valence electrons. The molecule has 1 amide bonds. The highest BCUT2D eigenvalue weighted by molar-refractivity contribution is 6.43. The van der Waals surface area contributed by atoms with Crippen molar-refractivity contribution in [2.45, 2.75) is 43.9 Å². The Morgan fingerprint density at radius 2 is 1.76 bits per heavy atom. The standard InChI is InChI=1S/C16H25BF3N3O4.2ClH/c18-16(19,20)27-13-6-4-11(5-7-13)9-12(17(25)26)10-23-15(24)14(22)3-1-2-8-21;;/h4-7,12,14,25-26H,1-3,8-10,21-22H2,(H,23,24);2*1H/t12-,14-;;/m1../s1. The topological polar surface area (TPSA) is 131 Å². The van der Waals surface area contributed by atoms with Gasteiger partial charge in [-0.1, -0.05) is 18.6 Å². The number of carbonyl (C=O) groups is 1. The maximum absolute atomic E-state index is 12.2.